The van der Waals surface area contributed by atoms with Gasteiger partial charge in [0.25, 0.3) is 0 Å². The maximum Gasteiger partial charge on any atom is 0.0414 e. The molecule has 0 amide bonds. The first-order valence-corrected chi connectivity index (χ1v) is 8.97. The molecule has 22 heavy (non-hydrogen) atoms. The van der Waals surface area contributed by atoms with Gasteiger partial charge in [0.2, 0.25) is 0 Å². The Morgan fingerprint density at radius 1 is 0.591 bits per heavy atom. The first kappa shape index (κ1) is 28.1. The third kappa shape index (κ3) is 26.2. The number of hydrogen-bond donors (Lipinski definition) is 0. The van der Waals surface area contributed by atoms with Crippen LogP contribution in [-0.4, -0.2) is 60.6 Å². The number of carboxylic acid groups (broad SMARTS) is 1. The van der Waals surface area contributed by atoms with Gasteiger partial charge in [-0.3, -0.25) is 0 Å². The molecule has 0 heterocycles. The molecule has 0 bridgehead atoms. The fraction of sp³-hybridized carbons (Fsp3) is 0.944. The third-order valence-corrected chi connectivity index (χ3v) is 3.98. The monoisotopic (exact) mass is 699 g/mol. The van der Waals surface area contributed by atoms with Crippen molar-refractivity contribution < 1.29 is 9.90 Å². The molecule has 0 spiro atoms. The van der Waals surface area contributed by atoms with Crippen LogP contribution in [0.2, 0.25) is 0 Å². The average Bonchev–Trinajstić information content (AvgIpc) is 2.43. The molecule has 0 fully saturated rings. The summed E-state index contributed by atoms with van der Waals surface area (Å²) in [6, 6.07) is 0. The molecule has 4 heteroatoms. The summed E-state index contributed by atoms with van der Waals surface area (Å²) in [7, 11) is 0. The molecule has 0 unspecified atom stereocenters. The van der Waals surface area contributed by atoms with Crippen LogP contribution < -0.4 is 5.11 Å². The molecule has 0 aromatic heterocycles. The predicted molar refractivity (Wildman–Crippen MR) is 96.1 cm³/mol. The second kappa shape index (κ2) is 24.6. The van der Waals surface area contributed by atoms with E-state index in [1.54, 1.807) is 0 Å². The van der Waals surface area contributed by atoms with Crippen LogP contribution in [0.3, 0.4) is 0 Å². The van der Waals surface area contributed by atoms with Gasteiger partial charge in [-0.25, -0.2) is 0 Å². The molecule has 0 aromatic carbocycles. The van der Waals surface area contributed by atoms with Crippen molar-refractivity contribution in [1.82, 2.24) is 0 Å². The summed E-state index contributed by atoms with van der Waals surface area (Å²) in [6.07, 6.45) is 19.9. The van der Waals surface area contributed by atoms with E-state index in [-0.39, 0.29) is 61.0 Å². The maximum absolute atomic E-state index is 10.2. The Morgan fingerprint density at radius 3 is 1.14 bits per heavy atom. The molecule has 0 rings (SSSR count). The van der Waals surface area contributed by atoms with Crippen molar-refractivity contribution in [3.05, 3.63) is 0 Å². The van der Waals surface area contributed by atoms with Gasteiger partial charge in [-0.05, 0) is 12.8 Å². The molecular weight excluding hydrogens is 663 g/mol. The van der Waals surface area contributed by atoms with Gasteiger partial charge in [0.05, 0.1) is 0 Å². The number of hydrogen-bond acceptors (Lipinski definition) is 2. The minimum absolute atomic E-state index is 0. The van der Waals surface area contributed by atoms with Crippen molar-refractivity contribution in [1.29, 1.82) is 0 Å². The predicted octanol–water partition coefficient (Wildman–Crippen LogP) is 4.24. The topological polar surface area (TPSA) is 40.1 Å². The van der Waals surface area contributed by atoms with E-state index in [1.165, 1.54) is 83.5 Å². The molecular formula is C18H35O2Pb2-. The Morgan fingerprint density at radius 2 is 0.864 bits per heavy atom. The maximum atomic E-state index is 10.2. The van der Waals surface area contributed by atoms with Crippen LogP contribution in [0.5, 0.6) is 0 Å². The molecule has 0 aliphatic carbocycles. The molecule has 0 N–H and O–H groups in total. The summed E-state index contributed by atoms with van der Waals surface area (Å²) in [6.45, 7) is 2.27. The smallest absolute Gasteiger partial charge is 0.0414 e. The van der Waals surface area contributed by atoms with Gasteiger partial charge >= 0.3 is 0 Å². The Balaban J connectivity index is -0.00000180. The SMILES string of the molecule is CCCCCCCCCCCCCCCCCC(=O)[O-].[Pb].[Pb]. The van der Waals surface area contributed by atoms with Crippen molar-refractivity contribution in [3.8, 4) is 0 Å². The van der Waals surface area contributed by atoms with E-state index < -0.39 is 5.97 Å². The van der Waals surface area contributed by atoms with Crippen LogP contribution in [0, 0.1) is 0 Å². The summed E-state index contributed by atoms with van der Waals surface area (Å²) in [5.41, 5.74) is 0. The van der Waals surface area contributed by atoms with Crippen LogP contribution in [0.15, 0.2) is 0 Å². The van der Waals surface area contributed by atoms with Crippen molar-refractivity contribution in [3.63, 3.8) is 0 Å². The fourth-order valence-electron chi connectivity index (χ4n) is 2.64. The number of carbonyl (C=O) groups is 1. The standard InChI is InChI=1S/C18H36O2.2Pb/c1-2-3-4-5-6-7-8-9-10-11-12-13-14-15-16-17-18(19)20;;/h2-17H2,1H3,(H,19,20);;/p-1. The van der Waals surface area contributed by atoms with Gasteiger partial charge in [-0.2, -0.15) is 0 Å². The normalized spacial score (nSPS) is 9.86. The van der Waals surface area contributed by atoms with E-state index in [1.807, 2.05) is 0 Å². The molecule has 0 saturated heterocycles. The molecule has 128 valence electrons. The number of carboxylic acids is 1. The first-order valence-electron chi connectivity index (χ1n) is 8.97. The van der Waals surface area contributed by atoms with E-state index in [0.29, 0.717) is 0 Å². The van der Waals surface area contributed by atoms with E-state index in [2.05, 4.69) is 6.92 Å². The zero-order valence-corrected chi connectivity index (χ0v) is 22.4. The quantitative estimate of drug-likeness (QED) is 0.179. The summed E-state index contributed by atoms with van der Waals surface area (Å²) in [4.78, 5) is 10.2. The van der Waals surface area contributed by atoms with Crippen LogP contribution in [0.1, 0.15) is 110 Å². The van der Waals surface area contributed by atoms with Crippen molar-refractivity contribution in [2.75, 3.05) is 0 Å². The average molecular weight is 698 g/mol. The second-order valence-electron chi connectivity index (χ2n) is 6.07. The van der Waals surface area contributed by atoms with E-state index in [0.717, 1.165) is 12.8 Å². The van der Waals surface area contributed by atoms with Crippen molar-refractivity contribution in [2.24, 2.45) is 0 Å². The molecule has 0 aromatic rings. The van der Waals surface area contributed by atoms with E-state index in [9.17, 15) is 9.90 Å². The Labute approximate surface area is 178 Å². The fourth-order valence-corrected chi connectivity index (χ4v) is 2.64. The number of carbonyl (C=O) groups excluding carboxylic acids is 1. The van der Waals surface area contributed by atoms with Gasteiger partial charge in [0, 0.05) is 60.6 Å². The van der Waals surface area contributed by atoms with E-state index >= 15 is 0 Å². The van der Waals surface area contributed by atoms with Gasteiger partial charge in [-0.15, -0.1) is 0 Å². The first-order chi connectivity index (χ1) is 9.77. The molecule has 0 aliphatic heterocycles. The second-order valence-corrected chi connectivity index (χ2v) is 6.07. The van der Waals surface area contributed by atoms with Crippen molar-refractivity contribution >= 4 is 60.6 Å². The van der Waals surface area contributed by atoms with E-state index in [4.69, 9.17) is 0 Å². The zero-order valence-electron chi connectivity index (χ0n) is 14.6. The van der Waals surface area contributed by atoms with Crippen LogP contribution in [-0.2, 0) is 4.79 Å². The number of unbranched alkanes of at least 4 members (excludes halogenated alkanes) is 14. The van der Waals surface area contributed by atoms with Gasteiger partial charge < -0.3 is 9.90 Å². The van der Waals surface area contributed by atoms with Gasteiger partial charge in [0.15, 0.2) is 0 Å². The summed E-state index contributed by atoms with van der Waals surface area (Å²) in [5, 5.41) is 10.2. The molecule has 2 nitrogen and oxygen atoms in total. The minimum Gasteiger partial charge on any atom is -0.550 e. The number of rotatable bonds is 16. The Bertz CT molecular complexity index is 211. The summed E-state index contributed by atoms with van der Waals surface area (Å²) in [5.74, 6) is -0.903. The summed E-state index contributed by atoms with van der Waals surface area (Å²) < 4.78 is 0. The van der Waals surface area contributed by atoms with Gasteiger partial charge in [0.1, 0.15) is 0 Å². The summed E-state index contributed by atoms with van der Waals surface area (Å²) >= 11 is 0. The Kier molecular flexibility index (Phi) is 31.4. The molecule has 0 aliphatic rings. The molecule has 8 radical (unpaired) electrons. The van der Waals surface area contributed by atoms with Crippen LogP contribution in [0.25, 0.3) is 0 Å². The zero-order chi connectivity index (χ0) is 14.9. The molecule has 0 atom stereocenters. The van der Waals surface area contributed by atoms with Crippen LogP contribution in [0.4, 0.5) is 0 Å². The number of aliphatic carboxylic acids is 1. The Hall–Kier alpha value is 1.31. The van der Waals surface area contributed by atoms with Crippen LogP contribution >= 0.6 is 0 Å². The molecule has 0 saturated carbocycles. The van der Waals surface area contributed by atoms with Crippen molar-refractivity contribution in [2.45, 2.75) is 110 Å². The largest absolute Gasteiger partial charge is 0.550 e. The van der Waals surface area contributed by atoms with Gasteiger partial charge in [-0.1, -0.05) is 96.8 Å². The minimum atomic E-state index is -0.903. The third-order valence-electron chi connectivity index (χ3n) is 3.98.